The summed E-state index contributed by atoms with van der Waals surface area (Å²) >= 11 is 0. The molecule has 0 unspecified atom stereocenters. The van der Waals surface area contributed by atoms with Crippen LogP contribution in [0, 0.1) is 0 Å². The number of hydrogen-bond acceptors (Lipinski definition) is 4. The van der Waals surface area contributed by atoms with Gasteiger partial charge in [-0.1, -0.05) is 43.7 Å². The van der Waals surface area contributed by atoms with Gasteiger partial charge in [0.05, 0.1) is 17.8 Å². The third kappa shape index (κ3) is 5.46. The summed E-state index contributed by atoms with van der Waals surface area (Å²) in [4.78, 5) is 11.3. The van der Waals surface area contributed by atoms with Gasteiger partial charge in [0.1, 0.15) is 0 Å². The van der Waals surface area contributed by atoms with Crippen molar-refractivity contribution in [2.24, 2.45) is 0 Å². The molecular weight excluding hydrogens is 339 g/mol. The highest BCUT2D eigenvalue weighted by molar-refractivity contribution is 6.56. The van der Waals surface area contributed by atoms with E-state index < -0.39 is 18.3 Å². The van der Waals surface area contributed by atoms with E-state index >= 15 is 0 Å². The van der Waals surface area contributed by atoms with Crippen LogP contribution >= 0.6 is 0 Å². The van der Waals surface area contributed by atoms with Crippen molar-refractivity contribution in [1.29, 1.82) is 0 Å². The van der Waals surface area contributed by atoms with Crippen LogP contribution in [0.5, 0.6) is 0 Å². The molecule has 0 atom stereocenters. The van der Waals surface area contributed by atoms with E-state index in [1.54, 1.807) is 0 Å². The molecule has 2 rings (SSSR count). The Morgan fingerprint density at radius 3 is 2.15 bits per heavy atom. The monoisotopic (exact) mass is 372 g/mol. The van der Waals surface area contributed by atoms with E-state index in [0.29, 0.717) is 13.0 Å². The molecule has 5 heteroatoms. The molecule has 1 fully saturated rings. The second-order valence-corrected chi connectivity index (χ2v) is 8.15. The summed E-state index contributed by atoms with van der Waals surface area (Å²) < 4.78 is 17.9. The lowest BCUT2D eigenvalue weighted by Gasteiger charge is -2.32. The minimum atomic E-state index is -0.433. The smallest absolute Gasteiger partial charge is 0.466 e. The van der Waals surface area contributed by atoms with Gasteiger partial charge in [0.25, 0.3) is 0 Å². The molecule has 0 spiro atoms. The summed E-state index contributed by atoms with van der Waals surface area (Å²) in [5, 5.41) is 0. The molecule has 0 radical (unpaired) electrons. The third-order valence-electron chi connectivity index (χ3n) is 5.50. The van der Waals surface area contributed by atoms with Crippen LogP contribution in [-0.4, -0.2) is 30.9 Å². The summed E-state index contributed by atoms with van der Waals surface area (Å²) in [5.74, 6) is -0.266. The molecule has 1 aromatic rings. The number of ether oxygens (including phenoxy) is 1. The normalized spacial score (nSPS) is 19.0. The number of esters is 1. The number of hydrogen-bond donors (Lipinski definition) is 0. The number of allylic oxidation sites excluding steroid dienone is 1. The first-order valence-corrected chi connectivity index (χ1v) is 9.94. The van der Waals surface area contributed by atoms with Crippen molar-refractivity contribution in [2.45, 2.75) is 78.4 Å². The topological polar surface area (TPSA) is 44.8 Å². The summed E-state index contributed by atoms with van der Waals surface area (Å²) in [6.07, 6.45) is 3.74. The molecule has 0 amide bonds. The van der Waals surface area contributed by atoms with Crippen molar-refractivity contribution >= 4 is 18.7 Å². The Hall–Kier alpha value is -1.59. The van der Waals surface area contributed by atoms with E-state index in [2.05, 4.69) is 58.9 Å². The number of rotatable bonds is 8. The van der Waals surface area contributed by atoms with Crippen LogP contribution in [0.15, 0.2) is 35.8 Å². The SMILES string of the molecule is CCCC/C(=C(\CCOC(C)=O)B1OC(C)(C)C(C)(C)O1)c1ccccc1. The highest BCUT2D eigenvalue weighted by Gasteiger charge is 2.52. The molecule has 0 aliphatic carbocycles. The van der Waals surface area contributed by atoms with E-state index in [-0.39, 0.29) is 5.97 Å². The summed E-state index contributed by atoms with van der Waals surface area (Å²) in [6, 6.07) is 10.4. The zero-order valence-corrected chi connectivity index (χ0v) is 17.6. The molecule has 0 N–H and O–H groups in total. The first kappa shape index (κ1) is 21.7. The first-order chi connectivity index (χ1) is 12.7. The van der Waals surface area contributed by atoms with E-state index in [9.17, 15) is 4.79 Å². The fraction of sp³-hybridized carbons (Fsp3) is 0.591. The van der Waals surface area contributed by atoms with Crippen LogP contribution in [0.2, 0.25) is 0 Å². The maximum Gasteiger partial charge on any atom is 0.490 e. The summed E-state index contributed by atoms with van der Waals surface area (Å²) in [6.45, 7) is 12.2. The van der Waals surface area contributed by atoms with Gasteiger partial charge in [0, 0.05) is 13.3 Å². The Bertz CT molecular complexity index is 648. The van der Waals surface area contributed by atoms with Crippen LogP contribution in [0.1, 0.15) is 72.8 Å². The van der Waals surface area contributed by atoms with Gasteiger partial charge >= 0.3 is 13.1 Å². The zero-order valence-electron chi connectivity index (χ0n) is 17.6. The van der Waals surface area contributed by atoms with Gasteiger partial charge in [-0.25, -0.2) is 0 Å². The Morgan fingerprint density at radius 1 is 1.04 bits per heavy atom. The molecule has 1 heterocycles. The minimum Gasteiger partial charge on any atom is -0.466 e. The Labute approximate surface area is 164 Å². The second-order valence-electron chi connectivity index (χ2n) is 8.15. The maximum atomic E-state index is 11.3. The molecule has 1 saturated heterocycles. The van der Waals surface area contributed by atoms with Gasteiger partial charge in [-0.2, -0.15) is 0 Å². The lowest BCUT2D eigenvalue weighted by atomic mass is 9.71. The highest BCUT2D eigenvalue weighted by Crippen LogP contribution is 2.41. The number of carbonyl (C=O) groups is 1. The quantitative estimate of drug-likeness (QED) is 0.464. The predicted octanol–water partition coefficient (Wildman–Crippen LogP) is 5.22. The highest BCUT2D eigenvalue weighted by atomic mass is 16.7. The molecule has 0 bridgehead atoms. The fourth-order valence-electron chi connectivity index (χ4n) is 3.18. The lowest BCUT2D eigenvalue weighted by Crippen LogP contribution is -2.41. The van der Waals surface area contributed by atoms with E-state index in [1.807, 2.05) is 6.07 Å². The van der Waals surface area contributed by atoms with Gasteiger partial charge in [0.2, 0.25) is 0 Å². The van der Waals surface area contributed by atoms with Gasteiger partial charge in [-0.05, 0) is 57.1 Å². The standard InChI is InChI=1S/C22H33BO4/c1-7-8-14-19(18-12-10-9-11-13-18)20(15-16-25-17(2)24)23-26-21(3,4)22(5,6)27-23/h9-13H,7-8,14-16H2,1-6H3/b20-19-. The van der Waals surface area contributed by atoms with Crippen LogP contribution < -0.4 is 0 Å². The summed E-state index contributed by atoms with van der Waals surface area (Å²) in [5.41, 5.74) is 2.68. The van der Waals surface area contributed by atoms with Crippen molar-refractivity contribution < 1.29 is 18.8 Å². The van der Waals surface area contributed by atoms with Crippen molar-refractivity contribution in [3.63, 3.8) is 0 Å². The molecule has 1 aliphatic rings. The third-order valence-corrected chi connectivity index (χ3v) is 5.50. The maximum absolute atomic E-state index is 11.3. The van der Waals surface area contributed by atoms with Gasteiger partial charge < -0.3 is 14.0 Å². The van der Waals surface area contributed by atoms with Crippen molar-refractivity contribution in [3.8, 4) is 0 Å². The summed E-state index contributed by atoms with van der Waals surface area (Å²) in [7, 11) is -0.433. The van der Waals surface area contributed by atoms with Crippen LogP contribution in [0.25, 0.3) is 5.57 Å². The Morgan fingerprint density at radius 2 is 1.63 bits per heavy atom. The molecule has 148 valence electrons. The molecule has 1 aromatic carbocycles. The predicted molar refractivity (Wildman–Crippen MR) is 110 cm³/mol. The van der Waals surface area contributed by atoms with Crippen LogP contribution in [-0.2, 0) is 18.8 Å². The fourth-order valence-corrected chi connectivity index (χ4v) is 3.18. The Balaban J connectivity index is 2.44. The number of carbonyl (C=O) groups excluding carboxylic acids is 1. The van der Waals surface area contributed by atoms with Crippen molar-refractivity contribution in [3.05, 3.63) is 41.4 Å². The van der Waals surface area contributed by atoms with Gasteiger partial charge in [-0.15, -0.1) is 0 Å². The lowest BCUT2D eigenvalue weighted by molar-refractivity contribution is -0.140. The van der Waals surface area contributed by atoms with Crippen LogP contribution in [0.3, 0.4) is 0 Å². The van der Waals surface area contributed by atoms with Crippen molar-refractivity contribution in [2.75, 3.05) is 6.61 Å². The van der Waals surface area contributed by atoms with Crippen molar-refractivity contribution in [1.82, 2.24) is 0 Å². The van der Waals surface area contributed by atoms with Gasteiger partial charge in [0.15, 0.2) is 0 Å². The van der Waals surface area contributed by atoms with E-state index in [4.69, 9.17) is 14.0 Å². The molecule has 0 saturated carbocycles. The first-order valence-electron chi connectivity index (χ1n) is 9.94. The van der Waals surface area contributed by atoms with E-state index in [1.165, 1.54) is 18.1 Å². The molecule has 1 aliphatic heterocycles. The van der Waals surface area contributed by atoms with Gasteiger partial charge in [-0.3, -0.25) is 4.79 Å². The van der Waals surface area contributed by atoms with Crippen LogP contribution in [0.4, 0.5) is 0 Å². The molecule has 4 nitrogen and oxygen atoms in total. The average Bonchev–Trinajstić information content (AvgIpc) is 2.81. The minimum absolute atomic E-state index is 0.266. The Kier molecular flexibility index (Phi) is 7.29. The average molecular weight is 372 g/mol. The van der Waals surface area contributed by atoms with E-state index in [0.717, 1.165) is 24.7 Å². The zero-order chi connectivity index (χ0) is 20.1. The molecule has 27 heavy (non-hydrogen) atoms. The second kappa shape index (κ2) is 9.07. The number of unbranched alkanes of at least 4 members (excludes halogenated alkanes) is 1. The molecule has 0 aromatic heterocycles. The largest absolute Gasteiger partial charge is 0.490 e. The number of benzene rings is 1. The molecular formula is C22H33BO4.